The van der Waals surface area contributed by atoms with Gasteiger partial charge in [0.15, 0.2) is 5.96 Å². The van der Waals surface area contributed by atoms with Crippen LogP contribution in [0, 0.1) is 0 Å². The monoisotopic (exact) mass is 550 g/mol. The number of piperazine rings is 1. The van der Waals surface area contributed by atoms with Crippen LogP contribution in [0.4, 0.5) is 5.69 Å². The second kappa shape index (κ2) is 10.8. The van der Waals surface area contributed by atoms with Crippen LogP contribution in [0.3, 0.4) is 0 Å². The minimum Gasteiger partial charge on any atom is -0.369 e. The number of halogens is 2. The van der Waals surface area contributed by atoms with Gasteiger partial charge in [-0.05, 0) is 44.8 Å². The summed E-state index contributed by atoms with van der Waals surface area (Å²) in [4.78, 5) is 11.7. The minimum absolute atomic E-state index is 0. The normalized spacial score (nSPS) is 24.6. The molecule has 2 aliphatic heterocycles. The lowest BCUT2D eigenvalue weighted by Crippen LogP contribution is -2.56. The van der Waals surface area contributed by atoms with Crippen molar-refractivity contribution in [1.82, 2.24) is 20.4 Å². The third-order valence-electron chi connectivity index (χ3n) is 5.43. The lowest BCUT2D eigenvalue weighted by molar-refractivity contribution is 0.116. The van der Waals surface area contributed by atoms with Crippen LogP contribution in [0.5, 0.6) is 0 Å². The van der Waals surface area contributed by atoms with Crippen LogP contribution in [-0.4, -0.2) is 88.3 Å². The lowest BCUT2D eigenvalue weighted by atomic mass is 10.2. The molecule has 2 N–H and O–H groups in total. The van der Waals surface area contributed by atoms with Crippen LogP contribution in [0.15, 0.2) is 33.7 Å². The van der Waals surface area contributed by atoms with E-state index in [4.69, 9.17) is 0 Å². The van der Waals surface area contributed by atoms with Gasteiger partial charge in [-0.1, -0.05) is 15.9 Å². The number of benzene rings is 1. The van der Waals surface area contributed by atoms with Crippen molar-refractivity contribution >= 4 is 51.6 Å². The maximum atomic E-state index is 4.43. The fourth-order valence-corrected chi connectivity index (χ4v) is 3.95. The first kappa shape index (κ1) is 22.7. The van der Waals surface area contributed by atoms with Gasteiger partial charge in [-0.3, -0.25) is 9.89 Å². The summed E-state index contributed by atoms with van der Waals surface area (Å²) in [6, 6.07) is 9.51. The van der Waals surface area contributed by atoms with E-state index in [-0.39, 0.29) is 24.0 Å². The van der Waals surface area contributed by atoms with E-state index < -0.39 is 0 Å². The summed E-state index contributed by atoms with van der Waals surface area (Å²) in [7, 11) is 6.26. The van der Waals surface area contributed by atoms with Gasteiger partial charge in [0.1, 0.15) is 0 Å². The van der Waals surface area contributed by atoms with Crippen LogP contribution in [-0.2, 0) is 0 Å². The van der Waals surface area contributed by atoms with Gasteiger partial charge in [0.05, 0.1) is 0 Å². The summed E-state index contributed by atoms with van der Waals surface area (Å²) < 4.78 is 1.12. The highest BCUT2D eigenvalue weighted by atomic mass is 127. The molecule has 27 heavy (non-hydrogen) atoms. The molecule has 0 bridgehead atoms. The SMILES string of the molecule is CN=C(NCC1CN(C)CCN1C)NC1CCN(c2ccc(Br)cc2)C1.I. The number of likely N-dealkylation sites (N-methyl/N-ethyl adjacent to an activating group) is 2. The van der Waals surface area contributed by atoms with E-state index in [1.807, 2.05) is 7.05 Å². The smallest absolute Gasteiger partial charge is 0.191 e. The molecule has 2 unspecified atom stereocenters. The number of nitrogens with one attached hydrogen (secondary N) is 2. The summed E-state index contributed by atoms with van der Waals surface area (Å²) in [5.41, 5.74) is 1.28. The summed E-state index contributed by atoms with van der Waals surface area (Å²) >= 11 is 3.50. The molecule has 2 heterocycles. The molecule has 3 rings (SSSR count). The number of hydrogen-bond donors (Lipinski definition) is 2. The van der Waals surface area contributed by atoms with Crippen LogP contribution in [0.1, 0.15) is 6.42 Å². The van der Waals surface area contributed by atoms with Gasteiger partial charge in [-0.25, -0.2) is 0 Å². The van der Waals surface area contributed by atoms with Crippen molar-refractivity contribution in [2.24, 2.45) is 4.99 Å². The first-order chi connectivity index (χ1) is 12.5. The van der Waals surface area contributed by atoms with Crippen molar-refractivity contribution in [2.45, 2.75) is 18.5 Å². The van der Waals surface area contributed by atoms with Gasteiger partial charge < -0.3 is 20.4 Å². The molecule has 2 atom stereocenters. The first-order valence-electron chi connectivity index (χ1n) is 9.41. The zero-order valence-corrected chi connectivity index (χ0v) is 20.4. The van der Waals surface area contributed by atoms with E-state index in [9.17, 15) is 0 Å². The van der Waals surface area contributed by atoms with Crippen molar-refractivity contribution in [3.05, 3.63) is 28.7 Å². The predicted octanol–water partition coefficient (Wildman–Crippen LogP) is 2.06. The summed E-state index contributed by atoms with van der Waals surface area (Å²) in [5, 5.41) is 7.12. The molecule has 0 spiro atoms. The van der Waals surface area contributed by atoms with E-state index in [2.05, 4.69) is 84.6 Å². The maximum Gasteiger partial charge on any atom is 0.191 e. The topological polar surface area (TPSA) is 46.1 Å². The van der Waals surface area contributed by atoms with Crippen molar-refractivity contribution in [3.8, 4) is 0 Å². The number of anilines is 1. The number of rotatable bonds is 4. The Morgan fingerprint density at radius 2 is 1.89 bits per heavy atom. The Bertz CT molecular complexity index is 611. The quantitative estimate of drug-likeness (QED) is 0.341. The van der Waals surface area contributed by atoms with Crippen LogP contribution in [0.25, 0.3) is 0 Å². The largest absolute Gasteiger partial charge is 0.369 e. The molecule has 8 heteroatoms. The van der Waals surface area contributed by atoms with Crippen LogP contribution >= 0.6 is 39.9 Å². The van der Waals surface area contributed by atoms with Gasteiger partial charge in [0, 0.05) is 68.6 Å². The second-order valence-corrected chi connectivity index (χ2v) is 8.32. The van der Waals surface area contributed by atoms with Gasteiger partial charge >= 0.3 is 0 Å². The molecule has 6 nitrogen and oxygen atoms in total. The van der Waals surface area contributed by atoms with Gasteiger partial charge in [0.2, 0.25) is 0 Å². The van der Waals surface area contributed by atoms with E-state index in [1.54, 1.807) is 0 Å². The first-order valence-corrected chi connectivity index (χ1v) is 10.2. The van der Waals surface area contributed by atoms with E-state index >= 15 is 0 Å². The third-order valence-corrected chi connectivity index (χ3v) is 5.96. The Morgan fingerprint density at radius 3 is 2.59 bits per heavy atom. The molecule has 2 fully saturated rings. The number of aliphatic imine (C=N–C) groups is 1. The Labute approximate surface area is 188 Å². The number of hydrogen-bond acceptors (Lipinski definition) is 4. The van der Waals surface area contributed by atoms with Gasteiger partial charge in [-0.2, -0.15) is 0 Å². The highest BCUT2D eigenvalue weighted by Crippen LogP contribution is 2.22. The fraction of sp³-hybridized carbons (Fsp3) is 0.632. The van der Waals surface area contributed by atoms with Crippen LogP contribution in [0.2, 0.25) is 0 Å². The van der Waals surface area contributed by atoms with Gasteiger partial charge in [-0.15, -0.1) is 24.0 Å². The number of nitrogens with zero attached hydrogens (tertiary/aromatic N) is 4. The highest BCUT2D eigenvalue weighted by Gasteiger charge is 2.25. The molecule has 2 aliphatic rings. The predicted molar refractivity (Wildman–Crippen MR) is 129 cm³/mol. The van der Waals surface area contributed by atoms with Crippen molar-refractivity contribution in [2.75, 3.05) is 65.3 Å². The summed E-state index contributed by atoms with van der Waals surface area (Å²) in [6.07, 6.45) is 1.13. The van der Waals surface area contributed by atoms with E-state index in [0.717, 1.165) is 56.1 Å². The average Bonchev–Trinajstić information content (AvgIpc) is 3.10. The molecule has 0 radical (unpaired) electrons. The second-order valence-electron chi connectivity index (χ2n) is 7.40. The minimum atomic E-state index is 0. The molecule has 0 aromatic heterocycles. The molecule has 1 aromatic carbocycles. The Hall–Kier alpha value is -0.580. The van der Waals surface area contributed by atoms with Crippen molar-refractivity contribution in [1.29, 1.82) is 0 Å². The van der Waals surface area contributed by atoms with E-state index in [0.29, 0.717) is 12.1 Å². The Kier molecular flexibility index (Phi) is 9.10. The summed E-state index contributed by atoms with van der Waals surface area (Å²) in [5.74, 6) is 0.911. The Balaban J connectivity index is 0.00000261. The Morgan fingerprint density at radius 1 is 1.15 bits per heavy atom. The maximum absolute atomic E-state index is 4.43. The van der Waals surface area contributed by atoms with Crippen LogP contribution < -0.4 is 15.5 Å². The fourth-order valence-electron chi connectivity index (χ4n) is 3.69. The molecule has 152 valence electrons. The standard InChI is InChI=1S/C19H31BrN6.HI/c1-21-19(22-12-18-14-24(2)10-11-25(18)3)23-16-8-9-26(13-16)17-6-4-15(20)5-7-17;/h4-7,16,18H,8-14H2,1-3H3,(H2,21,22,23);1H. The van der Waals surface area contributed by atoms with Crippen molar-refractivity contribution in [3.63, 3.8) is 0 Å². The highest BCUT2D eigenvalue weighted by molar-refractivity contribution is 14.0. The lowest BCUT2D eigenvalue weighted by Gasteiger charge is -2.38. The molecule has 1 aromatic rings. The van der Waals surface area contributed by atoms with E-state index in [1.165, 1.54) is 5.69 Å². The third kappa shape index (κ3) is 6.47. The molecule has 0 saturated carbocycles. The molecular formula is C19H32BrIN6. The van der Waals surface area contributed by atoms with Gasteiger partial charge in [0.25, 0.3) is 0 Å². The molecule has 0 aliphatic carbocycles. The number of guanidine groups is 1. The van der Waals surface area contributed by atoms with Crippen molar-refractivity contribution < 1.29 is 0 Å². The average molecular weight is 551 g/mol. The summed E-state index contributed by atoms with van der Waals surface area (Å²) in [6.45, 7) is 6.37. The molecular weight excluding hydrogens is 519 g/mol. The molecule has 0 amide bonds. The zero-order valence-electron chi connectivity index (χ0n) is 16.5. The molecule has 2 saturated heterocycles. The zero-order chi connectivity index (χ0) is 18.5.